The molecule has 2 heterocycles. The van der Waals surface area contributed by atoms with Crippen molar-refractivity contribution in [3.05, 3.63) is 35.9 Å². The van der Waals surface area contributed by atoms with Gasteiger partial charge in [-0.05, 0) is 44.5 Å². The van der Waals surface area contributed by atoms with Crippen LogP contribution in [0, 0.1) is 0 Å². The molecule has 5 nitrogen and oxygen atoms in total. The normalized spacial score (nSPS) is 22.3. The lowest BCUT2D eigenvalue weighted by Gasteiger charge is -2.42. The number of hydrogen-bond acceptors (Lipinski definition) is 4. The zero-order valence-corrected chi connectivity index (χ0v) is 16.1. The highest BCUT2D eigenvalue weighted by molar-refractivity contribution is 7.88. The van der Waals surface area contributed by atoms with E-state index in [0.717, 1.165) is 18.7 Å². The number of hydrogen-bond donors (Lipinski definition) is 0. The number of likely N-dealkylation sites (tertiary alicyclic amines) is 1. The van der Waals surface area contributed by atoms with E-state index in [0.29, 0.717) is 19.1 Å². The van der Waals surface area contributed by atoms with E-state index in [1.54, 1.807) is 4.31 Å². The van der Waals surface area contributed by atoms with Gasteiger partial charge in [0.2, 0.25) is 10.0 Å². The van der Waals surface area contributed by atoms with Gasteiger partial charge in [0.25, 0.3) is 0 Å². The SMILES string of the molecule is CCCN1CCC(N2CCN(S(=O)(=O)Cc3ccccc3)CC2)CC1. The van der Waals surface area contributed by atoms with Crippen LogP contribution in [-0.4, -0.2) is 74.4 Å². The average molecular weight is 366 g/mol. The fraction of sp³-hybridized carbons (Fsp3) is 0.684. The van der Waals surface area contributed by atoms with Gasteiger partial charge in [-0.25, -0.2) is 8.42 Å². The first-order valence-electron chi connectivity index (χ1n) is 9.56. The van der Waals surface area contributed by atoms with Gasteiger partial charge in [-0.2, -0.15) is 4.31 Å². The van der Waals surface area contributed by atoms with Crippen LogP contribution in [0.1, 0.15) is 31.7 Å². The van der Waals surface area contributed by atoms with Gasteiger partial charge in [0.1, 0.15) is 0 Å². The van der Waals surface area contributed by atoms with Crippen molar-refractivity contribution in [3.63, 3.8) is 0 Å². The maximum absolute atomic E-state index is 12.7. The molecule has 0 unspecified atom stereocenters. The predicted molar refractivity (Wildman–Crippen MR) is 102 cm³/mol. The second-order valence-electron chi connectivity index (χ2n) is 7.25. The van der Waals surface area contributed by atoms with E-state index in [2.05, 4.69) is 16.7 Å². The molecule has 3 rings (SSSR count). The molecule has 2 aliphatic rings. The molecule has 2 aliphatic heterocycles. The maximum atomic E-state index is 12.7. The van der Waals surface area contributed by atoms with E-state index < -0.39 is 10.0 Å². The smallest absolute Gasteiger partial charge is 0.218 e. The molecular formula is C19H31N3O2S. The second-order valence-corrected chi connectivity index (χ2v) is 9.22. The van der Waals surface area contributed by atoms with Gasteiger partial charge in [0.15, 0.2) is 0 Å². The van der Waals surface area contributed by atoms with Gasteiger partial charge in [-0.1, -0.05) is 37.3 Å². The van der Waals surface area contributed by atoms with E-state index >= 15 is 0 Å². The Labute approximate surface area is 152 Å². The minimum Gasteiger partial charge on any atom is -0.303 e. The fourth-order valence-electron chi connectivity index (χ4n) is 4.05. The molecule has 0 aliphatic carbocycles. The molecule has 0 aromatic heterocycles. The Hall–Kier alpha value is -0.950. The molecule has 6 heteroatoms. The van der Waals surface area contributed by atoms with Gasteiger partial charge in [-0.3, -0.25) is 4.90 Å². The lowest BCUT2D eigenvalue weighted by atomic mass is 10.0. The third-order valence-corrected chi connectivity index (χ3v) is 7.32. The van der Waals surface area contributed by atoms with Crippen LogP contribution in [0.4, 0.5) is 0 Å². The molecule has 0 radical (unpaired) electrons. The van der Waals surface area contributed by atoms with Gasteiger partial charge in [-0.15, -0.1) is 0 Å². The number of sulfonamides is 1. The third kappa shape index (κ3) is 5.03. The minimum absolute atomic E-state index is 0.114. The van der Waals surface area contributed by atoms with Crippen LogP contribution in [0.3, 0.4) is 0 Å². The molecule has 0 N–H and O–H groups in total. The molecule has 0 bridgehead atoms. The van der Waals surface area contributed by atoms with E-state index in [1.807, 2.05) is 30.3 Å². The van der Waals surface area contributed by atoms with E-state index in [9.17, 15) is 8.42 Å². The van der Waals surface area contributed by atoms with E-state index in [-0.39, 0.29) is 5.75 Å². The zero-order valence-electron chi connectivity index (χ0n) is 15.3. The lowest BCUT2D eigenvalue weighted by Crippen LogP contribution is -2.54. The van der Waals surface area contributed by atoms with Crippen LogP contribution in [-0.2, 0) is 15.8 Å². The first-order chi connectivity index (χ1) is 12.1. The Balaban J connectivity index is 1.48. The summed E-state index contributed by atoms with van der Waals surface area (Å²) >= 11 is 0. The molecule has 1 aromatic carbocycles. The highest BCUT2D eigenvalue weighted by Crippen LogP contribution is 2.20. The van der Waals surface area contributed by atoms with E-state index in [4.69, 9.17) is 0 Å². The molecule has 2 saturated heterocycles. The van der Waals surface area contributed by atoms with Crippen LogP contribution in [0.2, 0.25) is 0 Å². The van der Waals surface area contributed by atoms with Crippen molar-refractivity contribution in [3.8, 4) is 0 Å². The summed E-state index contributed by atoms with van der Waals surface area (Å²) in [5.74, 6) is 0.114. The van der Waals surface area contributed by atoms with Gasteiger partial charge in [0.05, 0.1) is 5.75 Å². The summed E-state index contributed by atoms with van der Waals surface area (Å²) in [4.78, 5) is 5.06. The quantitative estimate of drug-likeness (QED) is 0.774. The Morgan fingerprint density at radius 2 is 1.60 bits per heavy atom. The topological polar surface area (TPSA) is 43.9 Å². The van der Waals surface area contributed by atoms with Crippen LogP contribution in [0.25, 0.3) is 0 Å². The fourth-order valence-corrected chi connectivity index (χ4v) is 5.56. The molecule has 25 heavy (non-hydrogen) atoms. The van der Waals surface area contributed by atoms with Crippen LogP contribution in [0.5, 0.6) is 0 Å². The average Bonchev–Trinajstić information content (AvgIpc) is 2.63. The molecular weight excluding hydrogens is 334 g/mol. The maximum Gasteiger partial charge on any atom is 0.218 e. The van der Waals surface area contributed by atoms with E-state index in [1.165, 1.54) is 38.9 Å². The monoisotopic (exact) mass is 365 g/mol. The molecule has 2 fully saturated rings. The predicted octanol–water partition coefficient (Wildman–Crippen LogP) is 2.01. The Morgan fingerprint density at radius 1 is 0.960 bits per heavy atom. The lowest BCUT2D eigenvalue weighted by molar-refractivity contribution is 0.0811. The van der Waals surface area contributed by atoms with Crippen molar-refractivity contribution >= 4 is 10.0 Å². The number of rotatable bonds is 6. The van der Waals surface area contributed by atoms with Crippen molar-refractivity contribution in [2.45, 2.75) is 38.0 Å². The molecule has 140 valence electrons. The third-order valence-electron chi connectivity index (χ3n) is 5.47. The number of piperidine rings is 1. The number of benzene rings is 1. The Kier molecular flexibility index (Phi) is 6.49. The highest BCUT2D eigenvalue weighted by Gasteiger charge is 2.31. The Morgan fingerprint density at radius 3 is 2.20 bits per heavy atom. The van der Waals surface area contributed by atoms with Gasteiger partial charge in [0, 0.05) is 32.2 Å². The standard InChI is InChI=1S/C19H31N3O2S/c1-2-10-20-11-8-19(9-12-20)21-13-15-22(16-14-21)25(23,24)17-18-6-4-3-5-7-18/h3-7,19H,2,8-17H2,1H3. The second kappa shape index (κ2) is 8.62. The molecule has 0 atom stereocenters. The summed E-state index contributed by atoms with van der Waals surface area (Å²) in [5.41, 5.74) is 0.869. The number of piperazine rings is 1. The Bertz CT molecular complexity index is 619. The van der Waals surface area contributed by atoms with Crippen molar-refractivity contribution in [1.82, 2.24) is 14.1 Å². The van der Waals surface area contributed by atoms with Crippen molar-refractivity contribution in [1.29, 1.82) is 0 Å². The van der Waals surface area contributed by atoms with Crippen LogP contribution >= 0.6 is 0 Å². The van der Waals surface area contributed by atoms with Crippen molar-refractivity contribution in [2.75, 3.05) is 45.8 Å². The summed E-state index contributed by atoms with van der Waals surface area (Å²) < 4.78 is 27.0. The summed E-state index contributed by atoms with van der Waals surface area (Å²) in [6, 6.07) is 10.1. The van der Waals surface area contributed by atoms with Crippen molar-refractivity contribution < 1.29 is 8.42 Å². The molecule has 0 spiro atoms. The summed E-state index contributed by atoms with van der Waals surface area (Å²) in [6.07, 6.45) is 3.66. The van der Waals surface area contributed by atoms with Gasteiger partial charge >= 0.3 is 0 Å². The minimum atomic E-state index is -3.21. The zero-order chi connectivity index (χ0) is 17.7. The van der Waals surface area contributed by atoms with Crippen LogP contribution in [0.15, 0.2) is 30.3 Å². The van der Waals surface area contributed by atoms with Crippen LogP contribution < -0.4 is 0 Å². The molecule has 0 amide bonds. The largest absolute Gasteiger partial charge is 0.303 e. The number of nitrogens with zero attached hydrogens (tertiary/aromatic N) is 3. The van der Waals surface area contributed by atoms with Gasteiger partial charge < -0.3 is 4.90 Å². The molecule has 0 saturated carbocycles. The molecule has 1 aromatic rings. The first-order valence-corrected chi connectivity index (χ1v) is 11.2. The summed E-state index contributed by atoms with van der Waals surface area (Å²) in [6.45, 7) is 8.81. The van der Waals surface area contributed by atoms with Crippen molar-refractivity contribution in [2.24, 2.45) is 0 Å². The summed E-state index contributed by atoms with van der Waals surface area (Å²) in [5, 5.41) is 0. The first kappa shape index (κ1) is 18.8. The summed E-state index contributed by atoms with van der Waals surface area (Å²) in [7, 11) is -3.21. The highest BCUT2D eigenvalue weighted by atomic mass is 32.2.